The van der Waals surface area contributed by atoms with Crippen molar-refractivity contribution in [3.63, 3.8) is 0 Å². The quantitative estimate of drug-likeness (QED) is 0.656. The second kappa shape index (κ2) is 4.37. The minimum atomic E-state index is -1.07. The molecule has 0 aliphatic heterocycles. The van der Waals surface area contributed by atoms with Gasteiger partial charge < -0.3 is 14.4 Å². The minimum absolute atomic E-state index is 0.100. The third kappa shape index (κ3) is 1.89. The summed E-state index contributed by atoms with van der Waals surface area (Å²) >= 11 is 5.79. The first kappa shape index (κ1) is 11.3. The topological polar surface area (TPSA) is 60.2 Å². The number of nitrogens with zero attached hydrogens (tertiary/aromatic N) is 3. The van der Waals surface area contributed by atoms with E-state index in [1.165, 1.54) is 0 Å². The largest absolute Gasteiger partial charge is 0.363 e. The lowest BCUT2D eigenvalue weighted by Crippen LogP contribution is -2.07. The molecule has 0 aliphatic rings. The number of rotatable bonds is 3. The maximum Gasteiger partial charge on any atom is 0.224 e. The van der Waals surface area contributed by atoms with E-state index < -0.39 is 6.29 Å². The van der Waals surface area contributed by atoms with Crippen molar-refractivity contribution in [2.45, 2.75) is 13.2 Å². The summed E-state index contributed by atoms with van der Waals surface area (Å²) in [5.41, 5.74) is 1.08. The summed E-state index contributed by atoms with van der Waals surface area (Å²) in [5, 5.41) is 10.6. The van der Waals surface area contributed by atoms with Gasteiger partial charge in [-0.05, 0) is 24.6 Å². The molecule has 0 fully saturated rings. The Hall–Kier alpha value is -1.17. The number of aliphatic hydroxyl groups excluding tert-OH is 1. The van der Waals surface area contributed by atoms with Gasteiger partial charge in [0.1, 0.15) is 11.3 Å². The van der Waals surface area contributed by atoms with E-state index in [1.54, 1.807) is 6.92 Å². The molecule has 6 heteroatoms. The van der Waals surface area contributed by atoms with Crippen LogP contribution in [0.5, 0.6) is 0 Å². The van der Waals surface area contributed by atoms with E-state index in [2.05, 4.69) is 9.97 Å². The van der Waals surface area contributed by atoms with Gasteiger partial charge >= 0.3 is 0 Å². The van der Waals surface area contributed by atoms with Crippen LogP contribution in [0.15, 0.2) is 12.3 Å². The van der Waals surface area contributed by atoms with E-state index in [0.717, 1.165) is 5.39 Å². The Morgan fingerprint density at radius 1 is 1.56 bits per heavy atom. The summed E-state index contributed by atoms with van der Waals surface area (Å²) in [6, 6.07) is 1.82. The highest BCUT2D eigenvalue weighted by Gasteiger charge is 2.16. The number of halogens is 1. The summed E-state index contributed by atoms with van der Waals surface area (Å²) in [5.74, 6) is 0. The van der Waals surface area contributed by atoms with Crippen LogP contribution in [0.3, 0.4) is 0 Å². The van der Waals surface area contributed by atoms with Crippen LogP contribution in [0.4, 0.5) is 0 Å². The van der Waals surface area contributed by atoms with Gasteiger partial charge in [0.15, 0.2) is 6.29 Å². The predicted octanol–water partition coefficient (Wildman–Crippen LogP) is 1.65. The molecule has 2 aromatic rings. The van der Waals surface area contributed by atoms with Crippen LogP contribution in [0.25, 0.3) is 11.0 Å². The molecule has 0 saturated heterocycles. The molecule has 86 valence electrons. The van der Waals surface area contributed by atoms with Crippen LogP contribution in [0.1, 0.15) is 18.9 Å². The molecule has 2 rings (SSSR count). The molecule has 1 unspecified atom stereocenters. The van der Waals surface area contributed by atoms with Gasteiger partial charge in [0.25, 0.3) is 0 Å². The zero-order valence-corrected chi connectivity index (χ0v) is 9.77. The van der Waals surface area contributed by atoms with Crippen LogP contribution >= 0.6 is 11.6 Å². The lowest BCUT2D eigenvalue weighted by atomic mass is 10.3. The molecule has 0 bridgehead atoms. The van der Waals surface area contributed by atoms with Crippen molar-refractivity contribution in [1.29, 1.82) is 0 Å². The first-order valence-corrected chi connectivity index (χ1v) is 5.29. The van der Waals surface area contributed by atoms with Crippen LogP contribution in [-0.2, 0) is 11.8 Å². The van der Waals surface area contributed by atoms with Crippen LogP contribution in [0, 0.1) is 0 Å². The summed E-state index contributed by atoms with van der Waals surface area (Å²) in [4.78, 5) is 8.09. The van der Waals surface area contributed by atoms with E-state index in [1.807, 2.05) is 23.9 Å². The Kier molecular flexibility index (Phi) is 3.09. The van der Waals surface area contributed by atoms with Crippen molar-refractivity contribution < 1.29 is 9.84 Å². The van der Waals surface area contributed by atoms with E-state index in [0.29, 0.717) is 17.9 Å². The lowest BCUT2D eigenvalue weighted by Gasteiger charge is -2.11. The van der Waals surface area contributed by atoms with Crippen LogP contribution < -0.4 is 0 Å². The monoisotopic (exact) mass is 241 g/mol. The standard InChI is InChI=1S/C10H12ClN3O2/c1-3-16-9(15)7-6-4-5-14(2)8(6)13-10(11)12-7/h4-5,9,15H,3H2,1-2H3. The van der Waals surface area contributed by atoms with Gasteiger partial charge in [0.2, 0.25) is 5.28 Å². The number of ether oxygens (including phenoxy) is 1. The Morgan fingerprint density at radius 3 is 3.00 bits per heavy atom. The summed E-state index contributed by atoms with van der Waals surface area (Å²) < 4.78 is 6.91. The zero-order valence-electron chi connectivity index (χ0n) is 9.01. The van der Waals surface area contributed by atoms with Gasteiger partial charge in [-0.2, -0.15) is 4.98 Å². The van der Waals surface area contributed by atoms with Gasteiger partial charge in [-0.3, -0.25) is 0 Å². The molecule has 0 spiro atoms. The molecule has 16 heavy (non-hydrogen) atoms. The van der Waals surface area contributed by atoms with E-state index in [9.17, 15) is 5.11 Å². The van der Waals surface area contributed by atoms with Gasteiger partial charge in [-0.15, -0.1) is 0 Å². The molecule has 0 aliphatic carbocycles. The number of hydrogen-bond donors (Lipinski definition) is 1. The highest BCUT2D eigenvalue weighted by molar-refractivity contribution is 6.28. The first-order valence-electron chi connectivity index (χ1n) is 4.91. The van der Waals surface area contributed by atoms with Crippen LogP contribution in [-0.4, -0.2) is 26.2 Å². The molecule has 0 radical (unpaired) electrons. The number of hydrogen-bond acceptors (Lipinski definition) is 4. The van der Waals surface area contributed by atoms with Crippen molar-refractivity contribution in [3.8, 4) is 0 Å². The molecule has 1 atom stereocenters. The SMILES string of the molecule is CCOC(O)c1nc(Cl)nc2c1ccn2C. The fourth-order valence-corrected chi connectivity index (χ4v) is 1.73. The lowest BCUT2D eigenvalue weighted by molar-refractivity contribution is -0.0996. The maximum atomic E-state index is 9.77. The first-order chi connectivity index (χ1) is 7.63. The molecule has 0 saturated carbocycles. The molecule has 5 nitrogen and oxygen atoms in total. The normalized spacial score (nSPS) is 13.2. The van der Waals surface area contributed by atoms with Crippen molar-refractivity contribution >= 4 is 22.6 Å². The number of aliphatic hydroxyl groups is 1. The minimum Gasteiger partial charge on any atom is -0.363 e. The third-order valence-electron chi connectivity index (χ3n) is 2.29. The molecule has 2 aromatic heterocycles. The zero-order chi connectivity index (χ0) is 11.7. The van der Waals surface area contributed by atoms with Gasteiger partial charge in [0.05, 0.1) is 0 Å². The Balaban J connectivity index is 2.59. The highest BCUT2D eigenvalue weighted by atomic mass is 35.5. The number of aromatic nitrogens is 3. The van der Waals surface area contributed by atoms with Crippen molar-refractivity contribution in [2.24, 2.45) is 7.05 Å². The highest BCUT2D eigenvalue weighted by Crippen LogP contribution is 2.24. The van der Waals surface area contributed by atoms with Gasteiger partial charge in [-0.25, -0.2) is 4.98 Å². The fourth-order valence-electron chi connectivity index (χ4n) is 1.56. The van der Waals surface area contributed by atoms with Crippen LogP contribution in [0.2, 0.25) is 5.28 Å². The average Bonchev–Trinajstić information content (AvgIpc) is 2.60. The average molecular weight is 242 g/mol. The smallest absolute Gasteiger partial charge is 0.224 e. The van der Waals surface area contributed by atoms with Crippen molar-refractivity contribution in [3.05, 3.63) is 23.2 Å². The van der Waals surface area contributed by atoms with E-state index >= 15 is 0 Å². The second-order valence-corrected chi connectivity index (χ2v) is 3.69. The predicted molar refractivity (Wildman–Crippen MR) is 60.1 cm³/mol. The van der Waals surface area contributed by atoms with Gasteiger partial charge in [-0.1, -0.05) is 0 Å². The maximum absolute atomic E-state index is 9.77. The molecule has 1 N–H and O–H groups in total. The molecular formula is C10H12ClN3O2. The molecule has 2 heterocycles. The fraction of sp³-hybridized carbons (Fsp3) is 0.400. The van der Waals surface area contributed by atoms with Crippen molar-refractivity contribution in [2.75, 3.05) is 6.61 Å². The van der Waals surface area contributed by atoms with Gasteiger partial charge in [0, 0.05) is 25.2 Å². The van der Waals surface area contributed by atoms with E-state index in [4.69, 9.17) is 16.3 Å². The summed E-state index contributed by atoms with van der Waals surface area (Å²) in [6.45, 7) is 2.20. The van der Waals surface area contributed by atoms with Crippen molar-refractivity contribution in [1.82, 2.24) is 14.5 Å². The number of fused-ring (bicyclic) bond motifs is 1. The van der Waals surface area contributed by atoms with E-state index in [-0.39, 0.29) is 5.28 Å². The Bertz CT molecular complexity index is 512. The Morgan fingerprint density at radius 2 is 2.31 bits per heavy atom. The Labute approximate surface area is 97.6 Å². The third-order valence-corrected chi connectivity index (χ3v) is 2.45. The number of aryl methyl sites for hydroxylation is 1. The summed E-state index contributed by atoms with van der Waals surface area (Å²) in [7, 11) is 1.85. The molecular weight excluding hydrogens is 230 g/mol. The molecule has 0 amide bonds. The molecule has 0 aromatic carbocycles. The second-order valence-electron chi connectivity index (χ2n) is 3.35. The summed E-state index contributed by atoms with van der Waals surface area (Å²) in [6.07, 6.45) is 0.757.